The molecule has 0 amide bonds. The van der Waals surface area contributed by atoms with Crippen LogP contribution < -0.4 is 9.47 Å². The molecule has 3 nitrogen and oxygen atoms in total. The summed E-state index contributed by atoms with van der Waals surface area (Å²) in [4.78, 5) is 12.1. The van der Waals surface area contributed by atoms with Crippen LogP contribution in [0.2, 0.25) is 0 Å². The van der Waals surface area contributed by atoms with Crippen LogP contribution in [-0.4, -0.2) is 20.0 Å². The van der Waals surface area contributed by atoms with Crippen LogP contribution >= 0.6 is 0 Å². The summed E-state index contributed by atoms with van der Waals surface area (Å²) in [7, 11) is 2.91. The molecule has 0 bridgehead atoms. The fraction of sp³-hybridized carbons (Fsp3) is 0.588. The van der Waals surface area contributed by atoms with Crippen molar-refractivity contribution in [3.8, 4) is 11.5 Å². The topological polar surface area (TPSA) is 35.5 Å². The molecular weight excluding hydrogens is 271 g/mol. The average molecular weight is 296 g/mol. The van der Waals surface area contributed by atoms with Gasteiger partial charge in [0.25, 0.3) is 0 Å². The molecule has 0 N–H and O–H groups in total. The summed E-state index contributed by atoms with van der Waals surface area (Å²) >= 11 is 0. The predicted molar refractivity (Wildman–Crippen MR) is 81.8 cm³/mol. The van der Waals surface area contributed by atoms with Crippen LogP contribution in [0.25, 0.3) is 0 Å². The first-order valence-corrected chi connectivity index (χ1v) is 7.58. The zero-order chi connectivity index (χ0) is 15.7. The second-order valence-electron chi connectivity index (χ2n) is 5.13. The van der Waals surface area contributed by atoms with Crippen molar-refractivity contribution < 1.29 is 18.7 Å². The number of hydrogen-bond donors (Lipinski definition) is 0. The van der Waals surface area contributed by atoms with Gasteiger partial charge in [0.2, 0.25) is 0 Å². The molecule has 0 spiro atoms. The minimum Gasteiger partial charge on any atom is -0.493 e. The summed E-state index contributed by atoms with van der Waals surface area (Å²) < 4.78 is 24.0. The van der Waals surface area contributed by atoms with E-state index in [0.29, 0.717) is 17.9 Å². The van der Waals surface area contributed by atoms with Crippen LogP contribution in [0.5, 0.6) is 11.5 Å². The molecule has 0 heterocycles. The Bertz CT molecular complexity index is 458. The number of carbonyl (C=O) groups excluding carboxylic acids is 1. The number of rotatable bonds is 10. The van der Waals surface area contributed by atoms with Crippen LogP contribution in [0.1, 0.15) is 62.2 Å². The first-order valence-electron chi connectivity index (χ1n) is 7.58. The third-order valence-corrected chi connectivity index (χ3v) is 3.53. The normalized spacial score (nSPS) is 10.5. The lowest BCUT2D eigenvalue weighted by Gasteiger charge is -2.10. The molecule has 1 aromatic carbocycles. The second-order valence-corrected chi connectivity index (χ2v) is 5.13. The van der Waals surface area contributed by atoms with Gasteiger partial charge in [-0.2, -0.15) is 0 Å². The molecule has 0 atom stereocenters. The van der Waals surface area contributed by atoms with Crippen LogP contribution in [0.4, 0.5) is 4.39 Å². The Morgan fingerprint density at radius 3 is 2.19 bits per heavy atom. The molecule has 118 valence electrons. The van der Waals surface area contributed by atoms with Crippen molar-refractivity contribution in [2.45, 2.75) is 51.9 Å². The van der Waals surface area contributed by atoms with Gasteiger partial charge in [0.05, 0.1) is 19.8 Å². The van der Waals surface area contributed by atoms with Crippen molar-refractivity contribution in [3.05, 3.63) is 23.5 Å². The minimum absolute atomic E-state index is 0.0845. The Morgan fingerprint density at radius 2 is 1.57 bits per heavy atom. The SMILES string of the molecule is CCCCCCCCC(=O)c1cc(OC)c(OC)cc1F. The molecule has 0 aliphatic carbocycles. The van der Waals surface area contributed by atoms with E-state index in [-0.39, 0.29) is 11.3 Å². The van der Waals surface area contributed by atoms with Gasteiger partial charge in [-0.1, -0.05) is 39.0 Å². The molecule has 0 aliphatic heterocycles. The Hall–Kier alpha value is -1.58. The number of halogens is 1. The van der Waals surface area contributed by atoms with Crippen LogP contribution in [0.15, 0.2) is 12.1 Å². The van der Waals surface area contributed by atoms with Crippen molar-refractivity contribution in [1.29, 1.82) is 0 Å². The highest BCUT2D eigenvalue weighted by Crippen LogP contribution is 2.30. The third kappa shape index (κ3) is 5.37. The number of carbonyl (C=O) groups is 1. The lowest BCUT2D eigenvalue weighted by molar-refractivity contribution is 0.0974. The second kappa shape index (κ2) is 9.37. The van der Waals surface area contributed by atoms with Crippen molar-refractivity contribution in [2.75, 3.05) is 14.2 Å². The summed E-state index contributed by atoms with van der Waals surface area (Å²) in [5, 5.41) is 0. The number of hydrogen-bond acceptors (Lipinski definition) is 3. The zero-order valence-electron chi connectivity index (χ0n) is 13.2. The third-order valence-electron chi connectivity index (χ3n) is 3.53. The molecule has 0 fully saturated rings. The number of methoxy groups -OCH3 is 2. The number of unbranched alkanes of at least 4 members (excludes halogenated alkanes) is 5. The number of ether oxygens (including phenoxy) is 2. The summed E-state index contributed by atoms with van der Waals surface area (Å²) in [5.74, 6) is -0.0520. The van der Waals surface area contributed by atoms with Crippen molar-refractivity contribution in [1.82, 2.24) is 0 Å². The monoisotopic (exact) mass is 296 g/mol. The van der Waals surface area contributed by atoms with E-state index in [1.807, 2.05) is 0 Å². The van der Waals surface area contributed by atoms with E-state index in [9.17, 15) is 9.18 Å². The zero-order valence-corrected chi connectivity index (χ0v) is 13.2. The highest BCUT2D eigenvalue weighted by Gasteiger charge is 2.16. The largest absolute Gasteiger partial charge is 0.493 e. The fourth-order valence-corrected chi connectivity index (χ4v) is 2.27. The first-order chi connectivity index (χ1) is 10.1. The fourth-order valence-electron chi connectivity index (χ4n) is 2.27. The van der Waals surface area contributed by atoms with Gasteiger partial charge in [-0.3, -0.25) is 4.79 Å². The number of Topliss-reactive ketones (excluding diaryl/α,β-unsaturated/α-hetero) is 1. The minimum atomic E-state index is -0.552. The summed E-state index contributed by atoms with van der Waals surface area (Å²) in [6.07, 6.45) is 6.97. The Balaban J connectivity index is 2.57. The van der Waals surface area contributed by atoms with Crippen LogP contribution in [-0.2, 0) is 0 Å². The van der Waals surface area contributed by atoms with E-state index in [0.717, 1.165) is 19.3 Å². The molecule has 21 heavy (non-hydrogen) atoms. The van der Waals surface area contributed by atoms with Crippen molar-refractivity contribution in [2.24, 2.45) is 0 Å². The van der Waals surface area contributed by atoms with Gasteiger partial charge in [0.15, 0.2) is 17.3 Å². The quantitative estimate of drug-likeness (QED) is 0.460. The molecular formula is C17H25FO3. The van der Waals surface area contributed by atoms with Gasteiger partial charge in [-0.15, -0.1) is 0 Å². The maximum atomic E-state index is 13.9. The molecule has 0 aromatic heterocycles. The highest BCUT2D eigenvalue weighted by atomic mass is 19.1. The Labute approximate surface area is 126 Å². The molecule has 1 rings (SSSR count). The molecule has 4 heteroatoms. The molecule has 0 aliphatic rings. The predicted octanol–water partition coefficient (Wildman–Crippen LogP) is 4.78. The number of benzene rings is 1. The smallest absolute Gasteiger partial charge is 0.165 e. The van der Waals surface area contributed by atoms with Gasteiger partial charge < -0.3 is 9.47 Å². The van der Waals surface area contributed by atoms with E-state index >= 15 is 0 Å². The lowest BCUT2D eigenvalue weighted by Crippen LogP contribution is -2.04. The van der Waals surface area contributed by atoms with Gasteiger partial charge in [-0.05, 0) is 12.5 Å². The van der Waals surface area contributed by atoms with E-state index in [2.05, 4.69) is 6.92 Å². The van der Waals surface area contributed by atoms with Gasteiger partial charge in [0.1, 0.15) is 5.82 Å². The van der Waals surface area contributed by atoms with Crippen LogP contribution in [0, 0.1) is 5.82 Å². The van der Waals surface area contributed by atoms with Crippen molar-refractivity contribution >= 4 is 5.78 Å². The summed E-state index contributed by atoms with van der Waals surface area (Å²) in [5.41, 5.74) is 0.0845. The van der Waals surface area contributed by atoms with E-state index < -0.39 is 5.82 Å². The van der Waals surface area contributed by atoms with Gasteiger partial charge in [-0.25, -0.2) is 4.39 Å². The number of ketones is 1. The van der Waals surface area contributed by atoms with Gasteiger partial charge in [0, 0.05) is 12.5 Å². The van der Waals surface area contributed by atoms with Crippen molar-refractivity contribution in [3.63, 3.8) is 0 Å². The molecule has 0 saturated carbocycles. The standard InChI is InChI=1S/C17H25FO3/c1-4-5-6-7-8-9-10-15(19)13-11-16(20-2)17(21-3)12-14(13)18/h11-12H,4-10H2,1-3H3. The van der Waals surface area contributed by atoms with E-state index in [4.69, 9.17) is 9.47 Å². The lowest BCUT2D eigenvalue weighted by atomic mass is 10.0. The van der Waals surface area contributed by atoms with Gasteiger partial charge >= 0.3 is 0 Å². The Morgan fingerprint density at radius 1 is 1.00 bits per heavy atom. The van der Waals surface area contributed by atoms with E-state index in [1.165, 1.54) is 45.6 Å². The Kier molecular flexibility index (Phi) is 7.80. The molecule has 0 saturated heterocycles. The summed E-state index contributed by atoms with van der Waals surface area (Å²) in [6, 6.07) is 2.63. The maximum Gasteiger partial charge on any atom is 0.165 e. The molecule has 1 aromatic rings. The first kappa shape index (κ1) is 17.5. The van der Waals surface area contributed by atoms with Crippen LogP contribution in [0.3, 0.4) is 0 Å². The molecule has 0 radical (unpaired) electrons. The highest BCUT2D eigenvalue weighted by molar-refractivity contribution is 5.97. The van der Waals surface area contributed by atoms with E-state index in [1.54, 1.807) is 0 Å². The maximum absolute atomic E-state index is 13.9. The molecule has 0 unspecified atom stereocenters. The summed E-state index contributed by atoms with van der Waals surface area (Å²) in [6.45, 7) is 2.17. The average Bonchev–Trinajstić information content (AvgIpc) is 2.50.